The Morgan fingerprint density at radius 2 is 1.88 bits per heavy atom. The van der Waals surface area contributed by atoms with E-state index in [1.54, 1.807) is 11.0 Å². The Bertz CT molecular complexity index is 821. The van der Waals surface area contributed by atoms with Crippen molar-refractivity contribution in [2.24, 2.45) is 0 Å². The van der Waals surface area contributed by atoms with Crippen LogP contribution in [0.25, 0.3) is 0 Å². The molecule has 1 unspecified atom stereocenters. The van der Waals surface area contributed by atoms with Gasteiger partial charge in [0.15, 0.2) is 5.60 Å². The van der Waals surface area contributed by atoms with Gasteiger partial charge in [0, 0.05) is 18.7 Å². The highest BCUT2D eigenvalue weighted by atomic mass is 16.6. The lowest BCUT2D eigenvalue weighted by atomic mass is 9.85. The number of esters is 1. The van der Waals surface area contributed by atoms with Crippen molar-refractivity contribution in [1.82, 2.24) is 10.2 Å². The maximum atomic E-state index is 12.6. The van der Waals surface area contributed by atoms with Gasteiger partial charge in [-0.1, -0.05) is 48.5 Å². The molecular formula is C21H22N2O3. The summed E-state index contributed by atoms with van der Waals surface area (Å²) in [5.74, 6) is -0.285. The second-order valence-corrected chi connectivity index (χ2v) is 6.92. The van der Waals surface area contributed by atoms with Crippen LogP contribution in [0.4, 0.5) is 4.79 Å². The molecule has 1 saturated heterocycles. The van der Waals surface area contributed by atoms with Crippen LogP contribution in [0, 0.1) is 0 Å². The molecule has 26 heavy (non-hydrogen) atoms. The van der Waals surface area contributed by atoms with E-state index < -0.39 is 5.60 Å². The molecule has 2 aromatic carbocycles. The zero-order chi connectivity index (χ0) is 18.0. The fourth-order valence-corrected chi connectivity index (χ4v) is 3.91. The van der Waals surface area contributed by atoms with Gasteiger partial charge in [-0.3, -0.25) is 0 Å². The summed E-state index contributed by atoms with van der Waals surface area (Å²) in [6.07, 6.45) is 2.36. The molecule has 2 heterocycles. The van der Waals surface area contributed by atoms with Gasteiger partial charge in [-0.15, -0.1) is 0 Å². The van der Waals surface area contributed by atoms with Gasteiger partial charge in [-0.05, 0) is 30.9 Å². The van der Waals surface area contributed by atoms with E-state index in [0.717, 1.165) is 24.8 Å². The Labute approximate surface area is 153 Å². The standard InChI is InChI=1S/C21H22N2O3/c24-19-17-9-4-5-10-18(17)21(26-19)12-6-14-23(15-21)20(25)22-13-11-16-7-2-1-3-8-16/h1-5,7-10H,6,11-15H2,(H,22,25). The second-order valence-electron chi connectivity index (χ2n) is 6.92. The molecule has 1 atom stereocenters. The molecule has 4 rings (SSSR count). The van der Waals surface area contributed by atoms with Crippen LogP contribution in [0.2, 0.25) is 0 Å². The zero-order valence-corrected chi connectivity index (χ0v) is 14.6. The first-order valence-electron chi connectivity index (χ1n) is 9.07. The van der Waals surface area contributed by atoms with Gasteiger partial charge < -0.3 is 15.0 Å². The number of amides is 2. The first kappa shape index (κ1) is 16.6. The number of urea groups is 1. The van der Waals surface area contributed by atoms with Crippen LogP contribution in [0.3, 0.4) is 0 Å². The van der Waals surface area contributed by atoms with E-state index in [0.29, 0.717) is 25.2 Å². The van der Waals surface area contributed by atoms with Crippen LogP contribution in [0.15, 0.2) is 54.6 Å². The van der Waals surface area contributed by atoms with Gasteiger partial charge in [0.05, 0.1) is 12.1 Å². The molecule has 5 nitrogen and oxygen atoms in total. The maximum absolute atomic E-state index is 12.6. The van der Waals surface area contributed by atoms with Crippen molar-refractivity contribution in [3.8, 4) is 0 Å². The summed E-state index contributed by atoms with van der Waals surface area (Å²) in [5.41, 5.74) is 2.04. The average Bonchev–Trinajstić information content (AvgIpc) is 2.94. The topological polar surface area (TPSA) is 58.6 Å². The largest absolute Gasteiger partial charge is 0.449 e. The first-order chi connectivity index (χ1) is 12.7. The summed E-state index contributed by atoms with van der Waals surface area (Å²) in [5, 5.41) is 2.99. The molecule has 2 amide bonds. The Morgan fingerprint density at radius 1 is 1.12 bits per heavy atom. The number of likely N-dealkylation sites (tertiary alicyclic amines) is 1. The molecule has 1 fully saturated rings. The lowest BCUT2D eigenvalue weighted by Crippen LogP contribution is -2.52. The van der Waals surface area contributed by atoms with Gasteiger partial charge in [0.2, 0.25) is 0 Å². The van der Waals surface area contributed by atoms with E-state index in [4.69, 9.17) is 4.74 Å². The Morgan fingerprint density at radius 3 is 2.73 bits per heavy atom. The summed E-state index contributed by atoms with van der Waals surface area (Å²) in [4.78, 5) is 26.6. The molecule has 2 aliphatic heterocycles. The number of ether oxygens (including phenoxy) is 1. The van der Waals surface area contributed by atoms with E-state index >= 15 is 0 Å². The molecule has 0 radical (unpaired) electrons. The highest BCUT2D eigenvalue weighted by Gasteiger charge is 2.48. The van der Waals surface area contributed by atoms with Crippen molar-refractivity contribution in [2.45, 2.75) is 24.9 Å². The summed E-state index contributed by atoms with van der Waals surface area (Å²) < 4.78 is 5.75. The van der Waals surface area contributed by atoms with Gasteiger partial charge in [0.1, 0.15) is 0 Å². The highest BCUT2D eigenvalue weighted by Crippen LogP contribution is 2.42. The monoisotopic (exact) mass is 350 g/mol. The van der Waals surface area contributed by atoms with E-state index in [1.807, 2.05) is 36.4 Å². The summed E-state index contributed by atoms with van der Waals surface area (Å²) in [6.45, 7) is 1.67. The number of piperidine rings is 1. The van der Waals surface area contributed by atoms with Gasteiger partial charge in [-0.25, -0.2) is 9.59 Å². The van der Waals surface area contributed by atoms with Crippen molar-refractivity contribution in [2.75, 3.05) is 19.6 Å². The van der Waals surface area contributed by atoms with Crippen LogP contribution >= 0.6 is 0 Å². The number of benzene rings is 2. The van der Waals surface area contributed by atoms with E-state index in [1.165, 1.54) is 5.56 Å². The number of hydrogen-bond donors (Lipinski definition) is 1. The quantitative estimate of drug-likeness (QED) is 0.866. The molecule has 1 spiro atoms. The minimum atomic E-state index is -0.692. The molecule has 0 saturated carbocycles. The number of nitrogens with zero attached hydrogens (tertiary/aromatic N) is 1. The molecule has 0 aromatic heterocycles. The maximum Gasteiger partial charge on any atom is 0.339 e. The number of hydrogen-bond acceptors (Lipinski definition) is 3. The molecule has 1 N–H and O–H groups in total. The lowest BCUT2D eigenvalue weighted by Gasteiger charge is -2.39. The molecule has 5 heteroatoms. The van der Waals surface area contributed by atoms with Crippen molar-refractivity contribution < 1.29 is 14.3 Å². The number of carbonyl (C=O) groups excluding carboxylic acids is 2. The molecule has 2 aliphatic rings. The van der Waals surface area contributed by atoms with Crippen molar-refractivity contribution >= 4 is 12.0 Å². The number of carbonyl (C=O) groups is 2. The first-order valence-corrected chi connectivity index (χ1v) is 9.07. The summed E-state index contributed by atoms with van der Waals surface area (Å²) in [7, 11) is 0. The fraction of sp³-hybridized carbons (Fsp3) is 0.333. The highest BCUT2D eigenvalue weighted by molar-refractivity contribution is 5.95. The van der Waals surface area contributed by atoms with Gasteiger partial charge in [-0.2, -0.15) is 0 Å². The smallest absolute Gasteiger partial charge is 0.339 e. The van der Waals surface area contributed by atoms with Crippen molar-refractivity contribution in [1.29, 1.82) is 0 Å². The van der Waals surface area contributed by atoms with Crippen LogP contribution in [0.1, 0.15) is 34.3 Å². The minimum Gasteiger partial charge on any atom is -0.449 e. The Balaban J connectivity index is 1.41. The molecular weight excluding hydrogens is 328 g/mol. The lowest BCUT2D eigenvalue weighted by molar-refractivity contribution is -0.0409. The fourth-order valence-electron chi connectivity index (χ4n) is 3.91. The number of rotatable bonds is 3. The predicted molar refractivity (Wildman–Crippen MR) is 97.9 cm³/mol. The summed E-state index contributed by atoms with van der Waals surface area (Å²) >= 11 is 0. The minimum absolute atomic E-state index is 0.0968. The van der Waals surface area contributed by atoms with E-state index in [9.17, 15) is 9.59 Å². The van der Waals surface area contributed by atoms with Crippen LogP contribution in [-0.4, -0.2) is 36.5 Å². The third-order valence-electron chi connectivity index (χ3n) is 5.20. The number of nitrogens with one attached hydrogen (secondary N) is 1. The predicted octanol–water partition coefficient (Wildman–Crippen LogP) is 3.10. The SMILES string of the molecule is O=C1OC2(CCCN(C(=O)NCCc3ccccc3)C2)c2ccccc21. The number of fused-ring (bicyclic) bond motifs is 2. The van der Waals surface area contributed by atoms with E-state index in [2.05, 4.69) is 17.4 Å². The average molecular weight is 350 g/mol. The normalized spacial score (nSPS) is 21.4. The molecule has 2 aromatic rings. The third-order valence-corrected chi connectivity index (χ3v) is 5.20. The van der Waals surface area contributed by atoms with Crippen molar-refractivity contribution in [3.05, 3.63) is 71.3 Å². The molecule has 0 aliphatic carbocycles. The second kappa shape index (κ2) is 6.83. The summed E-state index contributed by atoms with van der Waals surface area (Å²) in [6, 6.07) is 17.5. The van der Waals surface area contributed by atoms with E-state index in [-0.39, 0.29) is 12.0 Å². The van der Waals surface area contributed by atoms with Gasteiger partial charge in [0.25, 0.3) is 0 Å². The third kappa shape index (κ3) is 3.05. The molecule has 0 bridgehead atoms. The Hall–Kier alpha value is -2.82. The van der Waals surface area contributed by atoms with Crippen LogP contribution in [-0.2, 0) is 16.8 Å². The zero-order valence-electron chi connectivity index (χ0n) is 14.6. The van der Waals surface area contributed by atoms with Crippen LogP contribution < -0.4 is 5.32 Å². The van der Waals surface area contributed by atoms with Crippen molar-refractivity contribution in [3.63, 3.8) is 0 Å². The van der Waals surface area contributed by atoms with Crippen LogP contribution in [0.5, 0.6) is 0 Å². The van der Waals surface area contributed by atoms with Gasteiger partial charge >= 0.3 is 12.0 Å². The molecule has 134 valence electrons. The Kier molecular flexibility index (Phi) is 4.37.